The Morgan fingerprint density at radius 1 is 1.20 bits per heavy atom. The molecule has 0 spiro atoms. The van der Waals surface area contributed by atoms with Crippen LogP contribution in [0.5, 0.6) is 0 Å². The van der Waals surface area contributed by atoms with Crippen LogP contribution in [0.3, 0.4) is 0 Å². The van der Waals surface area contributed by atoms with Crippen molar-refractivity contribution in [1.82, 2.24) is 9.97 Å². The van der Waals surface area contributed by atoms with Gasteiger partial charge in [-0.1, -0.05) is 12.0 Å². The summed E-state index contributed by atoms with van der Waals surface area (Å²) in [6.07, 6.45) is 2.92. The van der Waals surface area contributed by atoms with E-state index >= 15 is 0 Å². The van der Waals surface area contributed by atoms with Crippen molar-refractivity contribution in [3.63, 3.8) is 0 Å². The van der Waals surface area contributed by atoms with Crippen molar-refractivity contribution in [1.29, 1.82) is 0 Å². The summed E-state index contributed by atoms with van der Waals surface area (Å²) < 4.78 is 18.5. The molecule has 4 heteroatoms. The molecule has 0 atom stereocenters. The summed E-state index contributed by atoms with van der Waals surface area (Å²) in [6.45, 7) is 0. The average Bonchev–Trinajstić information content (AvgIpc) is 2.86. The van der Waals surface area contributed by atoms with Gasteiger partial charge in [0.15, 0.2) is 11.5 Å². The average molecular weight is 266 g/mol. The largest absolute Gasteiger partial charge is 0.441 e. The van der Waals surface area contributed by atoms with Crippen LogP contribution in [-0.4, -0.2) is 9.97 Å². The Balaban J connectivity index is 1.67. The maximum Gasteiger partial charge on any atom is 0.196 e. The van der Waals surface area contributed by atoms with Gasteiger partial charge in [-0.15, -0.1) is 0 Å². The first kappa shape index (κ1) is 12.4. The summed E-state index contributed by atoms with van der Waals surface area (Å²) in [5, 5.41) is 0. The van der Waals surface area contributed by atoms with E-state index in [1.807, 2.05) is 18.2 Å². The number of benzene rings is 1. The third-order valence-electron chi connectivity index (χ3n) is 2.74. The quantitative estimate of drug-likeness (QED) is 0.668. The van der Waals surface area contributed by atoms with Gasteiger partial charge in [0.2, 0.25) is 0 Å². The van der Waals surface area contributed by atoms with Crippen LogP contribution in [0.2, 0.25) is 0 Å². The maximum absolute atomic E-state index is 13.0. The Kier molecular flexibility index (Phi) is 3.42. The molecule has 20 heavy (non-hydrogen) atoms. The SMILES string of the molecule is Fc1ccc2oc(CCC#Cc3ccccn3)nc2c1. The molecule has 2 heterocycles. The number of hydrogen-bond donors (Lipinski definition) is 0. The number of fused-ring (bicyclic) bond motifs is 1. The van der Waals surface area contributed by atoms with Crippen LogP contribution < -0.4 is 0 Å². The number of aromatic nitrogens is 2. The lowest BCUT2D eigenvalue weighted by atomic mass is 10.3. The molecule has 0 aliphatic carbocycles. The molecule has 0 amide bonds. The topological polar surface area (TPSA) is 38.9 Å². The second-order valence-corrected chi connectivity index (χ2v) is 4.24. The van der Waals surface area contributed by atoms with E-state index in [1.54, 1.807) is 12.3 Å². The zero-order valence-corrected chi connectivity index (χ0v) is 10.6. The van der Waals surface area contributed by atoms with Crippen LogP contribution in [0.4, 0.5) is 4.39 Å². The molecule has 0 aliphatic heterocycles. The van der Waals surface area contributed by atoms with Crippen LogP contribution in [0.1, 0.15) is 18.0 Å². The summed E-state index contributed by atoms with van der Waals surface area (Å²) in [5.41, 5.74) is 1.88. The fraction of sp³-hybridized carbons (Fsp3) is 0.125. The molecule has 0 saturated carbocycles. The summed E-state index contributed by atoms with van der Waals surface area (Å²) in [7, 11) is 0. The molecule has 0 radical (unpaired) electrons. The predicted octanol–water partition coefficient (Wildman–Crippen LogP) is 3.35. The highest BCUT2D eigenvalue weighted by Gasteiger charge is 2.05. The Bertz CT molecular complexity index is 784. The van der Waals surface area contributed by atoms with Crippen LogP contribution in [0.15, 0.2) is 47.0 Å². The molecule has 3 nitrogen and oxygen atoms in total. The zero-order chi connectivity index (χ0) is 13.8. The zero-order valence-electron chi connectivity index (χ0n) is 10.6. The van der Waals surface area contributed by atoms with Crippen molar-refractivity contribution >= 4 is 11.1 Å². The summed E-state index contributed by atoms with van der Waals surface area (Å²) >= 11 is 0. The first-order valence-corrected chi connectivity index (χ1v) is 6.26. The van der Waals surface area contributed by atoms with Crippen LogP contribution >= 0.6 is 0 Å². The van der Waals surface area contributed by atoms with E-state index in [9.17, 15) is 4.39 Å². The van der Waals surface area contributed by atoms with Gasteiger partial charge < -0.3 is 4.42 Å². The van der Waals surface area contributed by atoms with Crippen LogP contribution in [-0.2, 0) is 6.42 Å². The number of oxazole rings is 1. The molecular formula is C16H11FN2O. The standard InChI is InChI=1S/C16H11FN2O/c17-12-8-9-15-14(11-12)19-16(20-15)7-2-1-5-13-6-3-4-10-18-13/h3-4,6,8-11H,2,7H2. The number of pyridine rings is 1. The lowest BCUT2D eigenvalue weighted by molar-refractivity contribution is 0.531. The minimum absolute atomic E-state index is 0.313. The van der Waals surface area contributed by atoms with E-state index in [2.05, 4.69) is 21.8 Å². The van der Waals surface area contributed by atoms with Gasteiger partial charge in [-0.25, -0.2) is 14.4 Å². The second kappa shape index (κ2) is 5.54. The van der Waals surface area contributed by atoms with Crippen molar-refractivity contribution < 1.29 is 8.81 Å². The Morgan fingerprint density at radius 2 is 2.15 bits per heavy atom. The minimum Gasteiger partial charge on any atom is -0.441 e. The number of halogens is 1. The highest BCUT2D eigenvalue weighted by Crippen LogP contribution is 2.17. The molecule has 0 fully saturated rings. The van der Waals surface area contributed by atoms with E-state index in [1.165, 1.54) is 12.1 Å². The highest BCUT2D eigenvalue weighted by molar-refractivity contribution is 5.72. The summed E-state index contributed by atoms with van der Waals surface area (Å²) in [5.74, 6) is 6.24. The number of nitrogens with zero attached hydrogens (tertiary/aromatic N) is 2. The first-order chi connectivity index (χ1) is 9.81. The molecule has 98 valence electrons. The van der Waals surface area contributed by atoms with Crippen LogP contribution in [0, 0.1) is 17.7 Å². The van der Waals surface area contributed by atoms with Crippen molar-refractivity contribution in [2.75, 3.05) is 0 Å². The van der Waals surface area contributed by atoms with Gasteiger partial charge in [-0.3, -0.25) is 0 Å². The maximum atomic E-state index is 13.0. The van der Waals surface area contributed by atoms with Gasteiger partial charge in [-0.05, 0) is 30.2 Å². The second-order valence-electron chi connectivity index (χ2n) is 4.24. The van der Waals surface area contributed by atoms with Crippen LogP contribution in [0.25, 0.3) is 11.1 Å². The van der Waals surface area contributed by atoms with Crippen molar-refractivity contribution in [3.05, 3.63) is 60.0 Å². The molecule has 0 aliphatic rings. The molecule has 0 unspecified atom stereocenters. The van der Waals surface area contributed by atoms with Gasteiger partial charge in [0.05, 0.1) is 0 Å². The molecule has 3 aromatic rings. The van der Waals surface area contributed by atoms with E-state index < -0.39 is 0 Å². The lowest BCUT2D eigenvalue weighted by Gasteiger charge is -1.88. The van der Waals surface area contributed by atoms with E-state index in [4.69, 9.17) is 4.42 Å². The fourth-order valence-corrected chi connectivity index (χ4v) is 1.81. The normalized spacial score (nSPS) is 10.2. The Morgan fingerprint density at radius 3 is 3.00 bits per heavy atom. The van der Waals surface area contributed by atoms with E-state index in [0.29, 0.717) is 29.8 Å². The molecule has 1 aromatic carbocycles. The molecule has 0 bridgehead atoms. The smallest absolute Gasteiger partial charge is 0.196 e. The summed E-state index contributed by atoms with van der Waals surface area (Å²) in [6, 6.07) is 9.91. The van der Waals surface area contributed by atoms with Gasteiger partial charge in [0.1, 0.15) is 17.0 Å². The van der Waals surface area contributed by atoms with Crippen molar-refractivity contribution in [3.8, 4) is 11.8 Å². The Hall–Kier alpha value is -2.67. The highest BCUT2D eigenvalue weighted by atomic mass is 19.1. The fourth-order valence-electron chi connectivity index (χ4n) is 1.81. The monoisotopic (exact) mass is 266 g/mol. The number of aryl methyl sites for hydroxylation is 1. The molecule has 0 N–H and O–H groups in total. The van der Waals surface area contributed by atoms with Gasteiger partial charge in [-0.2, -0.15) is 0 Å². The first-order valence-electron chi connectivity index (χ1n) is 6.26. The molecule has 2 aromatic heterocycles. The van der Waals surface area contributed by atoms with Crippen molar-refractivity contribution in [2.24, 2.45) is 0 Å². The predicted molar refractivity (Wildman–Crippen MR) is 73.4 cm³/mol. The van der Waals surface area contributed by atoms with Gasteiger partial charge in [0.25, 0.3) is 0 Å². The van der Waals surface area contributed by atoms with Gasteiger partial charge >= 0.3 is 0 Å². The number of hydrogen-bond acceptors (Lipinski definition) is 3. The summed E-state index contributed by atoms with van der Waals surface area (Å²) in [4.78, 5) is 8.34. The molecular weight excluding hydrogens is 255 g/mol. The van der Waals surface area contributed by atoms with Crippen molar-refractivity contribution in [2.45, 2.75) is 12.8 Å². The Labute approximate surface area is 115 Å². The third-order valence-corrected chi connectivity index (χ3v) is 2.74. The molecule has 3 rings (SSSR count). The lowest BCUT2D eigenvalue weighted by Crippen LogP contribution is -1.83. The van der Waals surface area contributed by atoms with E-state index in [-0.39, 0.29) is 5.82 Å². The number of rotatable bonds is 2. The minimum atomic E-state index is -0.313. The van der Waals surface area contributed by atoms with Gasteiger partial charge in [0, 0.05) is 25.1 Å². The molecule has 0 saturated heterocycles. The van der Waals surface area contributed by atoms with E-state index in [0.717, 1.165) is 5.69 Å². The third kappa shape index (κ3) is 2.83.